The van der Waals surface area contributed by atoms with E-state index in [2.05, 4.69) is 20.6 Å². The second-order valence-electron chi connectivity index (χ2n) is 5.92. The number of carbonyl (C=O) groups is 1. The molecule has 0 radical (unpaired) electrons. The minimum Gasteiger partial charge on any atom is -0.478 e. The number of rotatable bonds is 7. The monoisotopic (exact) mass is 347 g/mol. The van der Waals surface area contributed by atoms with Gasteiger partial charge < -0.3 is 20.3 Å². The van der Waals surface area contributed by atoms with Crippen molar-refractivity contribution in [3.05, 3.63) is 23.9 Å². The summed E-state index contributed by atoms with van der Waals surface area (Å²) in [7, 11) is 0. The first-order chi connectivity index (χ1) is 12.2. The Hall–Kier alpha value is -2.31. The van der Waals surface area contributed by atoms with Crippen LogP contribution in [0.4, 0.5) is 0 Å². The Morgan fingerprint density at radius 3 is 3.00 bits per heavy atom. The molecule has 1 unspecified atom stereocenters. The largest absolute Gasteiger partial charge is 0.478 e. The van der Waals surface area contributed by atoms with Crippen molar-refractivity contribution in [3.8, 4) is 5.88 Å². The molecule has 1 atom stereocenters. The summed E-state index contributed by atoms with van der Waals surface area (Å²) in [5.41, 5.74) is 0.954. The fourth-order valence-corrected chi connectivity index (χ4v) is 2.82. The molecule has 1 aromatic heterocycles. The Labute approximate surface area is 149 Å². The van der Waals surface area contributed by atoms with Crippen LogP contribution in [0.5, 0.6) is 5.88 Å². The Morgan fingerprint density at radius 2 is 2.28 bits per heavy atom. The normalized spacial score (nSPS) is 17.5. The molecular formula is C18H29N5O2. The molecule has 1 fully saturated rings. The number of hydrogen-bond donors (Lipinski definition) is 2. The van der Waals surface area contributed by atoms with Gasteiger partial charge in [-0.05, 0) is 26.3 Å². The number of aliphatic imine (C=N–C) groups is 1. The van der Waals surface area contributed by atoms with Gasteiger partial charge >= 0.3 is 0 Å². The maximum absolute atomic E-state index is 11.8. The number of aromatic nitrogens is 1. The first kappa shape index (κ1) is 19.0. The molecule has 1 amide bonds. The molecule has 0 spiro atoms. The molecule has 7 nitrogen and oxygen atoms in total. The van der Waals surface area contributed by atoms with E-state index in [1.165, 1.54) is 0 Å². The fraction of sp³-hybridized carbons (Fsp3) is 0.611. The summed E-state index contributed by atoms with van der Waals surface area (Å²) in [6, 6.07) is 4.09. The maximum Gasteiger partial charge on any atom is 0.222 e. The third kappa shape index (κ3) is 5.62. The van der Waals surface area contributed by atoms with Gasteiger partial charge in [0.15, 0.2) is 5.96 Å². The number of likely N-dealkylation sites (tertiary alicyclic amines) is 1. The lowest BCUT2D eigenvalue weighted by Gasteiger charge is -2.18. The number of ether oxygens (including phenoxy) is 1. The van der Waals surface area contributed by atoms with Gasteiger partial charge in [0.2, 0.25) is 11.8 Å². The van der Waals surface area contributed by atoms with E-state index < -0.39 is 0 Å². The van der Waals surface area contributed by atoms with Crippen LogP contribution >= 0.6 is 0 Å². The predicted molar refractivity (Wildman–Crippen MR) is 98.6 cm³/mol. The van der Waals surface area contributed by atoms with Crippen molar-refractivity contribution in [2.24, 2.45) is 4.99 Å². The van der Waals surface area contributed by atoms with Crippen molar-refractivity contribution in [3.63, 3.8) is 0 Å². The standard InChI is InChI=1S/C18H29N5O2/c1-4-16(24)23-11-9-15(13-23)22-18(19-5-2)21-12-14-8-7-10-20-17(14)25-6-3/h7-8,10,15H,4-6,9,11-13H2,1-3H3,(H2,19,21,22). The van der Waals surface area contributed by atoms with Gasteiger partial charge in [-0.2, -0.15) is 0 Å². The molecule has 0 saturated carbocycles. The summed E-state index contributed by atoms with van der Waals surface area (Å²) in [5, 5.41) is 6.69. The summed E-state index contributed by atoms with van der Waals surface area (Å²) in [5.74, 6) is 1.60. The van der Waals surface area contributed by atoms with E-state index in [9.17, 15) is 4.79 Å². The number of hydrogen-bond acceptors (Lipinski definition) is 4. The van der Waals surface area contributed by atoms with Crippen molar-refractivity contribution < 1.29 is 9.53 Å². The van der Waals surface area contributed by atoms with E-state index in [-0.39, 0.29) is 11.9 Å². The molecule has 0 aromatic carbocycles. The topological polar surface area (TPSA) is 78.9 Å². The lowest BCUT2D eigenvalue weighted by atomic mass is 10.2. The molecule has 0 bridgehead atoms. The second kappa shape index (κ2) is 9.86. The van der Waals surface area contributed by atoms with Crippen molar-refractivity contribution in [2.45, 2.75) is 46.2 Å². The number of carbonyl (C=O) groups excluding carboxylic acids is 1. The van der Waals surface area contributed by atoms with Crippen LogP contribution in [0.15, 0.2) is 23.3 Å². The van der Waals surface area contributed by atoms with Crippen LogP contribution in [-0.4, -0.2) is 54.0 Å². The van der Waals surface area contributed by atoms with Crippen LogP contribution in [-0.2, 0) is 11.3 Å². The molecule has 2 heterocycles. The molecule has 25 heavy (non-hydrogen) atoms. The fourth-order valence-electron chi connectivity index (χ4n) is 2.82. The molecular weight excluding hydrogens is 318 g/mol. The highest BCUT2D eigenvalue weighted by molar-refractivity contribution is 5.80. The first-order valence-electron chi connectivity index (χ1n) is 9.07. The van der Waals surface area contributed by atoms with E-state index in [1.807, 2.05) is 37.8 Å². The Bertz CT molecular complexity index is 591. The Morgan fingerprint density at radius 1 is 1.44 bits per heavy atom. The highest BCUT2D eigenvalue weighted by Crippen LogP contribution is 2.15. The summed E-state index contributed by atoms with van der Waals surface area (Å²) in [4.78, 5) is 22.6. The maximum atomic E-state index is 11.8. The zero-order valence-corrected chi connectivity index (χ0v) is 15.4. The van der Waals surface area contributed by atoms with Crippen LogP contribution < -0.4 is 15.4 Å². The third-order valence-electron chi connectivity index (χ3n) is 4.07. The smallest absolute Gasteiger partial charge is 0.222 e. The summed E-state index contributed by atoms with van der Waals surface area (Å²) < 4.78 is 5.55. The average Bonchev–Trinajstić information content (AvgIpc) is 3.09. The van der Waals surface area contributed by atoms with Gasteiger partial charge in [0.1, 0.15) is 0 Å². The molecule has 2 N–H and O–H groups in total. The molecule has 2 rings (SSSR count). The van der Waals surface area contributed by atoms with E-state index in [0.717, 1.165) is 37.6 Å². The first-order valence-corrected chi connectivity index (χ1v) is 9.07. The summed E-state index contributed by atoms with van der Waals surface area (Å²) in [6.07, 6.45) is 3.22. The number of pyridine rings is 1. The van der Waals surface area contributed by atoms with E-state index in [4.69, 9.17) is 4.74 Å². The molecule has 1 aliphatic heterocycles. The van der Waals surface area contributed by atoms with Gasteiger partial charge in [0, 0.05) is 43.9 Å². The molecule has 1 aliphatic rings. The van der Waals surface area contributed by atoms with Crippen LogP contribution in [0.1, 0.15) is 39.2 Å². The lowest BCUT2D eigenvalue weighted by molar-refractivity contribution is -0.129. The van der Waals surface area contributed by atoms with E-state index in [1.54, 1.807) is 6.20 Å². The number of nitrogens with one attached hydrogen (secondary N) is 2. The van der Waals surface area contributed by atoms with E-state index in [0.29, 0.717) is 25.5 Å². The van der Waals surface area contributed by atoms with Gasteiger partial charge in [-0.15, -0.1) is 0 Å². The van der Waals surface area contributed by atoms with Crippen molar-refractivity contribution >= 4 is 11.9 Å². The van der Waals surface area contributed by atoms with Crippen LogP contribution in [0, 0.1) is 0 Å². The van der Waals surface area contributed by atoms with Gasteiger partial charge in [-0.1, -0.05) is 13.0 Å². The second-order valence-corrected chi connectivity index (χ2v) is 5.92. The highest BCUT2D eigenvalue weighted by atomic mass is 16.5. The van der Waals surface area contributed by atoms with Crippen molar-refractivity contribution in [1.29, 1.82) is 0 Å². The third-order valence-corrected chi connectivity index (χ3v) is 4.07. The van der Waals surface area contributed by atoms with Gasteiger partial charge in [-0.3, -0.25) is 4.79 Å². The zero-order valence-electron chi connectivity index (χ0n) is 15.4. The minimum absolute atomic E-state index is 0.211. The number of nitrogens with zero attached hydrogens (tertiary/aromatic N) is 3. The van der Waals surface area contributed by atoms with Crippen LogP contribution in [0.3, 0.4) is 0 Å². The van der Waals surface area contributed by atoms with Gasteiger partial charge in [0.25, 0.3) is 0 Å². The van der Waals surface area contributed by atoms with Crippen LogP contribution in [0.2, 0.25) is 0 Å². The summed E-state index contributed by atoms with van der Waals surface area (Å²) >= 11 is 0. The number of guanidine groups is 1. The predicted octanol–water partition coefficient (Wildman–Crippen LogP) is 1.55. The quantitative estimate of drug-likeness (QED) is 0.578. The lowest BCUT2D eigenvalue weighted by Crippen LogP contribution is -2.45. The van der Waals surface area contributed by atoms with Crippen LogP contribution in [0.25, 0.3) is 0 Å². The summed E-state index contributed by atoms with van der Waals surface area (Å²) in [6.45, 7) is 9.26. The molecule has 1 saturated heterocycles. The van der Waals surface area contributed by atoms with E-state index >= 15 is 0 Å². The van der Waals surface area contributed by atoms with Crippen molar-refractivity contribution in [1.82, 2.24) is 20.5 Å². The zero-order chi connectivity index (χ0) is 18.1. The average molecular weight is 347 g/mol. The highest BCUT2D eigenvalue weighted by Gasteiger charge is 2.25. The molecule has 1 aromatic rings. The molecule has 7 heteroatoms. The Balaban J connectivity index is 1.98. The number of amides is 1. The molecule has 138 valence electrons. The van der Waals surface area contributed by atoms with Gasteiger partial charge in [-0.25, -0.2) is 9.98 Å². The van der Waals surface area contributed by atoms with Crippen molar-refractivity contribution in [2.75, 3.05) is 26.2 Å². The Kier molecular flexibility index (Phi) is 7.50. The SMILES string of the molecule is CCNC(=NCc1cccnc1OCC)NC1CCN(C(=O)CC)C1. The van der Waals surface area contributed by atoms with Gasteiger partial charge in [0.05, 0.1) is 13.2 Å². The minimum atomic E-state index is 0.211. The molecule has 0 aliphatic carbocycles.